The molecule has 8 heteroatoms. The summed E-state index contributed by atoms with van der Waals surface area (Å²) in [5.74, 6) is 2.27. The van der Waals surface area contributed by atoms with E-state index in [1.807, 2.05) is 19.2 Å². The maximum Gasteiger partial charge on any atom is 0.221 e. The van der Waals surface area contributed by atoms with Crippen LogP contribution in [-0.4, -0.2) is 75.1 Å². The summed E-state index contributed by atoms with van der Waals surface area (Å²) < 4.78 is 5.26. The molecule has 1 amide bonds. The minimum atomic E-state index is -0.159. The molecule has 2 saturated heterocycles. The molecule has 0 aliphatic carbocycles. The summed E-state index contributed by atoms with van der Waals surface area (Å²) >= 11 is 0. The van der Waals surface area contributed by atoms with Crippen LogP contribution in [0.4, 0.5) is 0 Å². The lowest BCUT2D eigenvalue weighted by Crippen LogP contribution is -2.43. The molecule has 0 saturated carbocycles. The molecule has 0 aromatic heterocycles. The van der Waals surface area contributed by atoms with Gasteiger partial charge in [0, 0.05) is 39.1 Å². The van der Waals surface area contributed by atoms with Crippen molar-refractivity contribution in [3.05, 3.63) is 29.8 Å². The van der Waals surface area contributed by atoms with Crippen LogP contribution in [-0.2, 0) is 4.79 Å². The normalized spacial score (nSPS) is 22.5. The number of nitrogens with zero attached hydrogens (tertiary/aromatic N) is 3. The number of carbonyl (C=O) groups is 1. The molecule has 2 heterocycles. The van der Waals surface area contributed by atoms with Crippen LogP contribution in [0.15, 0.2) is 29.3 Å². The van der Waals surface area contributed by atoms with E-state index < -0.39 is 0 Å². The fourth-order valence-corrected chi connectivity index (χ4v) is 4.43. The zero-order valence-corrected chi connectivity index (χ0v) is 20.5. The van der Waals surface area contributed by atoms with E-state index >= 15 is 0 Å². The number of hydrogen-bond donors (Lipinski definition) is 2. The van der Waals surface area contributed by atoms with Gasteiger partial charge in [-0.3, -0.25) is 9.79 Å². The maximum absolute atomic E-state index is 11.4. The predicted molar refractivity (Wildman–Crippen MR) is 132 cm³/mol. The molecule has 2 atom stereocenters. The molecule has 2 unspecified atom stereocenters. The number of rotatable bonds is 7. The van der Waals surface area contributed by atoms with Crippen molar-refractivity contribution < 1.29 is 9.53 Å². The standard InChI is InChI=1S/C22H35N5O2.HI/c1-24-22(25-11-4-13-26-12-3-5-19(15-26)21(23)28)27-14-10-18(16-27)17-6-8-20(29-2)9-7-17;/h6-9,18-19H,3-5,10-16H2,1-2H3,(H2,23,28)(H,24,25);1H. The number of methoxy groups -OCH3 is 1. The topological polar surface area (TPSA) is 83.2 Å². The Labute approximate surface area is 197 Å². The van der Waals surface area contributed by atoms with Crippen LogP contribution < -0.4 is 15.8 Å². The van der Waals surface area contributed by atoms with Crippen LogP contribution in [0, 0.1) is 5.92 Å². The molecule has 3 N–H and O–H groups in total. The van der Waals surface area contributed by atoms with Crippen molar-refractivity contribution >= 4 is 35.8 Å². The predicted octanol–water partition coefficient (Wildman–Crippen LogP) is 2.27. The number of benzene rings is 1. The summed E-state index contributed by atoms with van der Waals surface area (Å²) in [7, 11) is 3.55. The molecular formula is C22H36IN5O2. The second-order valence-electron chi connectivity index (χ2n) is 8.07. The Morgan fingerprint density at radius 2 is 2.00 bits per heavy atom. The average molecular weight is 529 g/mol. The van der Waals surface area contributed by atoms with E-state index in [1.54, 1.807) is 7.11 Å². The van der Waals surface area contributed by atoms with E-state index in [1.165, 1.54) is 5.56 Å². The largest absolute Gasteiger partial charge is 0.497 e. The van der Waals surface area contributed by atoms with E-state index in [4.69, 9.17) is 10.5 Å². The van der Waals surface area contributed by atoms with Crippen LogP contribution in [0.25, 0.3) is 0 Å². The number of nitrogens with one attached hydrogen (secondary N) is 1. The molecule has 2 aliphatic heterocycles. The Bertz CT molecular complexity index is 697. The second kappa shape index (κ2) is 12.3. The van der Waals surface area contributed by atoms with E-state index in [-0.39, 0.29) is 35.8 Å². The second-order valence-corrected chi connectivity index (χ2v) is 8.07. The minimum absolute atomic E-state index is 0. The number of aliphatic imine (C=N–C) groups is 1. The highest BCUT2D eigenvalue weighted by Gasteiger charge is 2.26. The van der Waals surface area contributed by atoms with E-state index in [2.05, 4.69) is 32.2 Å². The van der Waals surface area contributed by atoms with Crippen molar-refractivity contribution in [1.29, 1.82) is 0 Å². The van der Waals surface area contributed by atoms with Gasteiger partial charge in [-0.05, 0) is 56.5 Å². The number of guanidine groups is 1. The van der Waals surface area contributed by atoms with Gasteiger partial charge in [0.15, 0.2) is 5.96 Å². The molecule has 0 radical (unpaired) electrons. The number of carbonyl (C=O) groups excluding carboxylic acids is 1. The third-order valence-electron chi connectivity index (χ3n) is 6.13. The van der Waals surface area contributed by atoms with Gasteiger partial charge in [-0.2, -0.15) is 0 Å². The molecule has 3 rings (SSSR count). The van der Waals surface area contributed by atoms with Gasteiger partial charge in [0.2, 0.25) is 5.91 Å². The molecule has 2 fully saturated rings. The Morgan fingerprint density at radius 1 is 1.23 bits per heavy atom. The van der Waals surface area contributed by atoms with Gasteiger partial charge in [-0.15, -0.1) is 24.0 Å². The molecule has 0 bridgehead atoms. The van der Waals surface area contributed by atoms with Gasteiger partial charge in [0.05, 0.1) is 13.0 Å². The van der Waals surface area contributed by atoms with Crippen molar-refractivity contribution in [3.63, 3.8) is 0 Å². The SMILES string of the molecule is CN=C(NCCCN1CCCC(C(N)=O)C1)N1CCC(c2ccc(OC)cc2)C1.I. The Hall–Kier alpha value is -1.55. The minimum Gasteiger partial charge on any atom is -0.497 e. The van der Waals surface area contributed by atoms with E-state index in [0.717, 1.165) is 76.7 Å². The van der Waals surface area contributed by atoms with Gasteiger partial charge in [-0.25, -0.2) is 0 Å². The number of ether oxygens (including phenoxy) is 1. The number of piperidine rings is 1. The number of primary amides is 1. The molecule has 2 aliphatic rings. The molecule has 30 heavy (non-hydrogen) atoms. The summed E-state index contributed by atoms with van der Waals surface area (Å²) in [5, 5.41) is 3.51. The fourth-order valence-electron chi connectivity index (χ4n) is 4.43. The number of hydrogen-bond acceptors (Lipinski definition) is 4. The molecule has 7 nitrogen and oxygen atoms in total. The van der Waals surface area contributed by atoms with Gasteiger partial charge in [-0.1, -0.05) is 12.1 Å². The highest BCUT2D eigenvalue weighted by molar-refractivity contribution is 14.0. The van der Waals surface area contributed by atoms with E-state index in [9.17, 15) is 4.79 Å². The Balaban J connectivity index is 0.00000320. The smallest absolute Gasteiger partial charge is 0.221 e. The zero-order chi connectivity index (χ0) is 20.6. The summed E-state index contributed by atoms with van der Waals surface area (Å²) in [5.41, 5.74) is 6.83. The third kappa shape index (κ3) is 6.73. The van der Waals surface area contributed by atoms with Gasteiger partial charge in [0.1, 0.15) is 5.75 Å². The monoisotopic (exact) mass is 529 g/mol. The zero-order valence-electron chi connectivity index (χ0n) is 18.2. The number of nitrogens with two attached hydrogens (primary N) is 1. The molecule has 1 aromatic carbocycles. The highest BCUT2D eigenvalue weighted by Crippen LogP contribution is 2.28. The first-order chi connectivity index (χ1) is 14.1. The lowest BCUT2D eigenvalue weighted by atomic mass is 9.97. The summed E-state index contributed by atoms with van der Waals surface area (Å²) in [6, 6.07) is 8.41. The Kier molecular flexibility index (Phi) is 10.2. The van der Waals surface area contributed by atoms with Crippen LogP contribution in [0.5, 0.6) is 5.75 Å². The molecule has 1 aromatic rings. The Morgan fingerprint density at radius 3 is 2.67 bits per heavy atom. The number of likely N-dealkylation sites (tertiary alicyclic amines) is 2. The van der Waals surface area contributed by atoms with Crippen molar-refractivity contribution in [1.82, 2.24) is 15.1 Å². The lowest BCUT2D eigenvalue weighted by Gasteiger charge is -2.31. The van der Waals surface area contributed by atoms with Crippen molar-refractivity contribution in [2.45, 2.75) is 31.6 Å². The molecule has 168 valence electrons. The van der Waals surface area contributed by atoms with Gasteiger partial charge >= 0.3 is 0 Å². The van der Waals surface area contributed by atoms with Crippen LogP contribution >= 0.6 is 24.0 Å². The maximum atomic E-state index is 11.4. The summed E-state index contributed by atoms with van der Waals surface area (Å²) in [6.07, 6.45) is 4.15. The van der Waals surface area contributed by atoms with Crippen LogP contribution in [0.3, 0.4) is 0 Å². The number of amides is 1. The quantitative estimate of drug-likeness (QED) is 0.245. The first-order valence-corrected chi connectivity index (χ1v) is 10.7. The fraction of sp³-hybridized carbons (Fsp3) is 0.636. The first kappa shape index (κ1) is 24.7. The summed E-state index contributed by atoms with van der Waals surface area (Å²) in [6.45, 7) is 5.74. The average Bonchev–Trinajstić information content (AvgIpc) is 3.24. The molecule has 0 spiro atoms. The third-order valence-corrected chi connectivity index (χ3v) is 6.13. The lowest BCUT2D eigenvalue weighted by molar-refractivity contribution is -0.123. The number of halogens is 1. The highest BCUT2D eigenvalue weighted by atomic mass is 127. The summed E-state index contributed by atoms with van der Waals surface area (Å²) in [4.78, 5) is 20.6. The first-order valence-electron chi connectivity index (χ1n) is 10.7. The van der Waals surface area contributed by atoms with Crippen molar-refractivity contribution in [3.8, 4) is 5.75 Å². The van der Waals surface area contributed by atoms with E-state index in [0.29, 0.717) is 5.92 Å². The van der Waals surface area contributed by atoms with Crippen molar-refractivity contribution in [2.75, 3.05) is 53.4 Å². The van der Waals surface area contributed by atoms with Crippen molar-refractivity contribution in [2.24, 2.45) is 16.6 Å². The molecular weight excluding hydrogens is 493 g/mol. The van der Waals surface area contributed by atoms with Crippen LogP contribution in [0.1, 0.15) is 37.2 Å². The van der Waals surface area contributed by atoms with Gasteiger partial charge < -0.3 is 25.6 Å². The van der Waals surface area contributed by atoms with Gasteiger partial charge in [0.25, 0.3) is 0 Å². The van der Waals surface area contributed by atoms with Crippen LogP contribution in [0.2, 0.25) is 0 Å².